The van der Waals surface area contributed by atoms with Gasteiger partial charge < -0.3 is 9.47 Å². The van der Waals surface area contributed by atoms with Crippen LogP contribution in [0.1, 0.15) is 5.56 Å². The van der Waals surface area contributed by atoms with Gasteiger partial charge in [0, 0.05) is 24.2 Å². The zero-order chi connectivity index (χ0) is 19.4. The highest BCUT2D eigenvalue weighted by Crippen LogP contribution is 2.30. The Hall–Kier alpha value is -2.20. The lowest BCUT2D eigenvalue weighted by Gasteiger charge is -2.26. The molecule has 0 spiro atoms. The van der Waals surface area contributed by atoms with Crippen molar-refractivity contribution in [2.24, 2.45) is 0 Å². The third-order valence-corrected chi connectivity index (χ3v) is 6.15. The molecule has 1 aliphatic rings. The molecule has 0 bridgehead atoms. The van der Waals surface area contributed by atoms with Gasteiger partial charge in [-0.2, -0.15) is 4.31 Å². The number of nitrogens with zero attached hydrogens (tertiary/aromatic N) is 2. The van der Waals surface area contributed by atoms with Crippen molar-refractivity contribution in [1.29, 1.82) is 0 Å². The largest absolute Gasteiger partial charge is 0.482 e. The molecule has 27 heavy (non-hydrogen) atoms. The molecular weight excluding hydrogens is 396 g/mol. The second-order valence-electron chi connectivity index (χ2n) is 5.82. The van der Waals surface area contributed by atoms with E-state index < -0.39 is 14.9 Å². The molecule has 1 aliphatic heterocycles. The van der Waals surface area contributed by atoms with Gasteiger partial charge in [0.15, 0.2) is 5.75 Å². The first kappa shape index (κ1) is 19.6. The fourth-order valence-corrected chi connectivity index (χ4v) is 4.29. The van der Waals surface area contributed by atoms with Crippen molar-refractivity contribution in [3.63, 3.8) is 0 Å². The number of hydrogen-bond acceptors (Lipinski definition) is 6. The summed E-state index contributed by atoms with van der Waals surface area (Å²) in [7, 11) is -3.62. The van der Waals surface area contributed by atoms with E-state index in [9.17, 15) is 18.5 Å². The van der Waals surface area contributed by atoms with E-state index in [1.54, 1.807) is 12.1 Å². The minimum absolute atomic E-state index is 0.0189. The average molecular weight is 413 g/mol. The zero-order valence-electron chi connectivity index (χ0n) is 14.2. The van der Waals surface area contributed by atoms with Crippen LogP contribution in [0.5, 0.6) is 5.75 Å². The first-order chi connectivity index (χ1) is 12.9. The standard InChI is InChI=1S/C17H17ClN2O6S/c18-14-4-5-17(16(11-14)20(21)22)26-12-13-2-1-3-15(10-13)27(23,24)19-6-8-25-9-7-19/h1-5,10-11H,6-9,12H2. The molecule has 2 aromatic carbocycles. The van der Waals surface area contributed by atoms with Gasteiger partial charge in [-0.1, -0.05) is 23.7 Å². The van der Waals surface area contributed by atoms with Crippen molar-refractivity contribution in [2.75, 3.05) is 26.3 Å². The normalized spacial score (nSPS) is 15.4. The molecule has 0 atom stereocenters. The smallest absolute Gasteiger partial charge is 0.312 e. The van der Waals surface area contributed by atoms with Crippen molar-refractivity contribution in [1.82, 2.24) is 4.31 Å². The number of nitro benzene ring substituents is 1. The first-order valence-electron chi connectivity index (χ1n) is 8.11. The van der Waals surface area contributed by atoms with Gasteiger partial charge in [0.05, 0.1) is 23.0 Å². The average Bonchev–Trinajstić information content (AvgIpc) is 2.68. The maximum atomic E-state index is 12.7. The molecule has 10 heteroatoms. The van der Waals surface area contributed by atoms with Crippen LogP contribution in [0.15, 0.2) is 47.4 Å². The zero-order valence-corrected chi connectivity index (χ0v) is 15.8. The van der Waals surface area contributed by atoms with Crippen LogP contribution in [0.25, 0.3) is 0 Å². The molecule has 0 aliphatic carbocycles. The van der Waals surface area contributed by atoms with Crippen LogP contribution in [0, 0.1) is 10.1 Å². The monoisotopic (exact) mass is 412 g/mol. The molecule has 0 N–H and O–H groups in total. The Labute approximate surface area is 161 Å². The molecule has 1 heterocycles. The van der Waals surface area contributed by atoms with Gasteiger partial charge in [0.2, 0.25) is 10.0 Å². The van der Waals surface area contributed by atoms with Gasteiger partial charge in [-0.3, -0.25) is 10.1 Å². The predicted octanol–water partition coefficient (Wildman–Crippen LogP) is 2.85. The van der Waals surface area contributed by atoms with Crippen LogP contribution < -0.4 is 4.74 Å². The Morgan fingerprint density at radius 3 is 2.63 bits per heavy atom. The minimum Gasteiger partial charge on any atom is -0.482 e. The Morgan fingerprint density at radius 2 is 1.93 bits per heavy atom. The van der Waals surface area contributed by atoms with Gasteiger partial charge in [0.25, 0.3) is 0 Å². The molecule has 0 amide bonds. The molecule has 0 saturated carbocycles. The molecule has 1 fully saturated rings. The summed E-state index contributed by atoms with van der Waals surface area (Å²) in [6.45, 7) is 1.32. The highest BCUT2D eigenvalue weighted by atomic mass is 35.5. The molecule has 1 saturated heterocycles. The SMILES string of the molecule is O=[N+]([O-])c1cc(Cl)ccc1OCc1cccc(S(=O)(=O)N2CCOCC2)c1. The maximum absolute atomic E-state index is 12.7. The van der Waals surface area contributed by atoms with E-state index >= 15 is 0 Å². The third kappa shape index (κ3) is 4.56. The van der Waals surface area contributed by atoms with E-state index in [0.29, 0.717) is 31.9 Å². The molecule has 8 nitrogen and oxygen atoms in total. The van der Waals surface area contributed by atoms with E-state index in [0.717, 1.165) is 0 Å². The van der Waals surface area contributed by atoms with Crippen LogP contribution in [-0.2, 0) is 21.4 Å². The van der Waals surface area contributed by atoms with Crippen LogP contribution in [0.3, 0.4) is 0 Å². The maximum Gasteiger partial charge on any atom is 0.312 e. The quantitative estimate of drug-likeness (QED) is 0.534. The Kier molecular flexibility index (Phi) is 5.95. The summed E-state index contributed by atoms with van der Waals surface area (Å²) in [6, 6.07) is 10.4. The molecular formula is C17H17ClN2O6S. The number of morpholine rings is 1. The van der Waals surface area contributed by atoms with Gasteiger partial charge >= 0.3 is 5.69 Å². The number of sulfonamides is 1. The van der Waals surface area contributed by atoms with Crippen molar-refractivity contribution in [3.05, 3.63) is 63.2 Å². The van der Waals surface area contributed by atoms with Crippen molar-refractivity contribution >= 4 is 27.3 Å². The second-order valence-corrected chi connectivity index (χ2v) is 8.20. The van der Waals surface area contributed by atoms with E-state index in [1.165, 1.54) is 34.6 Å². The van der Waals surface area contributed by atoms with Crippen LogP contribution in [-0.4, -0.2) is 43.9 Å². The fraction of sp³-hybridized carbons (Fsp3) is 0.294. The second kappa shape index (κ2) is 8.22. The lowest BCUT2D eigenvalue weighted by Crippen LogP contribution is -2.40. The Balaban J connectivity index is 1.78. The molecule has 0 radical (unpaired) electrons. The number of rotatable bonds is 6. The van der Waals surface area contributed by atoms with E-state index in [1.807, 2.05) is 0 Å². The van der Waals surface area contributed by atoms with Crippen LogP contribution in [0.2, 0.25) is 5.02 Å². The van der Waals surface area contributed by atoms with Crippen molar-refractivity contribution in [2.45, 2.75) is 11.5 Å². The van der Waals surface area contributed by atoms with Crippen LogP contribution in [0.4, 0.5) is 5.69 Å². The van der Waals surface area contributed by atoms with Crippen molar-refractivity contribution in [3.8, 4) is 5.75 Å². The molecule has 0 aromatic heterocycles. The number of halogens is 1. The highest BCUT2D eigenvalue weighted by molar-refractivity contribution is 7.89. The number of ether oxygens (including phenoxy) is 2. The van der Waals surface area contributed by atoms with E-state index in [4.69, 9.17) is 21.1 Å². The number of hydrogen-bond donors (Lipinski definition) is 0. The van der Waals surface area contributed by atoms with Gasteiger partial charge in [-0.25, -0.2) is 8.42 Å². The predicted molar refractivity (Wildman–Crippen MR) is 98.5 cm³/mol. The summed E-state index contributed by atoms with van der Waals surface area (Å²) in [6.07, 6.45) is 0. The van der Waals surface area contributed by atoms with E-state index in [2.05, 4.69) is 0 Å². The topological polar surface area (TPSA) is 99.0 Å². The number of benzene rings is 2. The van der Waals surface area contributed by atoms with E-state index in [-0.39, 0.29) is 28.0 Å². The lowest BCUT2D eigenvalue weighted by molar-refractivity contribution is -0.385. The lowest BCUT2D eigenvalue weighted by atomic mass is 10.2. The summed E-state index contributed by atoms with van der Waals surface area (Å²) in [4.78, 5) is 10.7. The molecule has 2 aromatic rings. The summed E-state index contributed by atoms with van der Waals surface area (Å²) >= 11 is 5.78. The molecule has 144 valence electrons. The summed E-state index contributed by atoms with van der Waals surface area (Å²) in [5, 5.41) is 11.3. The summed E-state index contributed by atoms with van der Waals surface area (Å²) in [5.74, 6) is 0.0610. The summed E-state index contributed by atoms with van der Waals surface area (Å²) in [5.41, 5.74) is 0.327. The molecule has 3 rings (SSSR count). The molecule has 0 unspecified atom stereocenters. The van der Waals surface area contributed by atoms with Gasteiger partial charge in [0.1, 0.15) is 6.61 Å². The first-order valence-corrected chi connectivity index (χ1v) is 9.93. The van der Waals surface area contributed by atoms with Gasteiger partial charge in [-0.15, -0.1) is 0 Å². The van der Waals surface area contributed by atoms with Gasteiger partial charge in [-0.05, 0) is 29.8 Å². The van der Waals surface area contributed by atoms with Crippen LogP contribution >= 0.6 is 11.6 Å². The third-order valence-electron chi connectivity index (χ3n) is 4.02. The minimum atomic E-state index is -3.62. The fourth-order valence-electron chi connectivity index (χ4n) is 2.65. The van der Waals surface area contributed by atoms with Crippen molar-refractivity contribution < 1.29 is 22.8 Å². The number of nitro groups is 1. The highest BCUT2D eigenvalue weighted by Gasteiger charge is 2.26. The summed E-state index contributed by atoms with van der Waals surface area (Å²) < 4.78 is 37.5. The Morgan fingerprint density at radius 1 is 1.19 bits per heavy atom. The Bertz CT molecular complexity index is 944.